The van der Waals surface area contributed by atoms with E-state index in [-0.39, 0.29) is 11.7 Å². The average Bonchev–Trinajstić information content (AvgIpc) is 2.76. The molecule has 98 valence electrons. The lowest BCUT2D eigenvalue weighted by molar-refractivity contribution is 0.183. The van der Waals surface area contributed by atoms with Crippen LogP contribution in [0.4, 0.5) is 0 Å². The molecular weight excluding hydrogens is 244 g/mol. The molecule has 17 heavy (non-hydrogen) atoms. The van der Waals surface area contributed by atoms with E-state index < -0.39 is 15.6 Å². The third-order valence-corrected chi connectivity index (χ3v) is 3.59. The molecule has 1 heterocycles. The Hall–Kier alpha value is -0.890. The monoisotopic (exact) mass is 262 g/mol. The molecule has 0 saturated carbocycles. The maximum Gasteiger partial charge on any atom is 0.273 e. The van der Waals surface area contributed by atoms with Crippen molar-refractivity contribution in [2.75, 3.05) is 13.7 Å². The first-order valence-corrected chi connectivity index (χ1v) is 6.67. The minimum atomic E-state index is -3.53. The van der Waals surface area contributed by atoms with Gasteiger partial charge in [0.2, 0.25) is 5.09 Å². The van der Waals surface area contributed by atoms with Gasteiger partial charge in [-0.15, -0.1) is 0 Å². The Labute approximate surface area is 101 Å². The van der Waals surface area contributed by atoms with Gasteiger partial charge < -0.3 is 14.8 Å². The Bertz CT molecular complexity index is 464. The van der Waals surface area contributed by atoms with E-state index in [1.54, 1.807) is 6.07 Å². The summed E-state index contributed by atoms with van der Waals surface area (Å²) in [5.74, 6) is 0.500. The van der Waals surface area contributed by atoms with Gasteiger partial charge in [0.1, 0.15) is 5.76 Å². The summed E-state index contributed by atoms with van der Waals surface area (Å²) in [5, 5.41) is 12.0. The summed E-state index contributed by atoms with van der Waals surface area (Å²) in [6.45, 7) is 4.00. The molecule has 6 nitrogen and oxygen atoms in total. The normalized spacial score (nSPS) is 12.9. The zero-order valence-corrected chi connectivity index (χ0v) is 11.0. The molecule has 0 radical (unpaired) electrons. The Morgan fingerprint density at radius 1 is 1.41 bits per heavy atom. The highest BCUT2D eigenvalue weighted by molar-refractivity contribution is 7.89. The van der Waals surface area contributed by atoms with Crippen molar-refractivity contribution >= 4 is 10.0 Å². The SMILES string of the molecule is CNS(=O)(=O)c1ccc(CNC(C)(C)CO)o1. The van der Waals surface area contributed by atoms with Gasteiger partial charge in [-0.3, -0.25) is 0 Å². The highest BCUT2D eigenvalue weighted by atomic mass is 32.2. The van der Waals surface area contributed by atoms with Crippen LogP contribution in [0.5, 0.6) is 0 Å². The minimum Gasteiger partial charge on any atom is -0.447 e. The van der Waals surface area contributed by atoms with Crippen LogP contribution >= 0.6 is 0 Å². The van der Waals surface area contributed by atoms with Crippen molar-refractivity contribution < 1.29 is 17.9 Å². The first kappa shape index (κ1) is 14.2. The van der Waals surface area contributed by atoms with Crippen LogP contribution in [-0.2, 0) is 16.6 Å². The number of sulfonamides is 1. The van der Waals surface area contributed by atoms with Gasteiger partial charge in [-0.2, -0.15) is 0 Å². The summed E-state index contributed by atoms with van der Waals surface area (Å²) in [7, 11) is -2.21. The van der Waals surface area contributed by atoms with Crippen LogP contribution in [0.3, 0.4) is 0 Å². The first-order chi connectivity index (χ1) is 7.80. The largest absolute Gasteiger partial charge is 0.447 e. The molecule has 1 aromatic heterocycles. The molecule has 0 spiro atoms. The molecule has 0 unspecified atom stereocenters. The lowest BCUT2D eigenvalue weighted by atomic mass is 10.1. The van der Waals surface area contributed by atoms with Crippen LogP contribution in [0.2, 0.25) is 0 Å². The van der Waals surface area contributed by atoms with E-state index in [1.165, 1.54) is 13.1 Å². The molecular formula is C10H18N2O4S. The molecule has 0 aromatic carbocycles. The summed E-state index contributed by atoms with van der Waals surface area (Å²) in [4.78, 5) is 0. The Morgan fingerprint density at radius 2 is 2.06 bits per heavy atom. The predicted molar refractivity (Wildman–Crippen MR) is 63.0 cm³/mol. The molecule has 0 aliphatic heterocycles. The second kappa shape index (κ2) is 5.18. The second-order valence-corrected chi connectivity index (χ2v) is 6.14. The molecule has 0 aliphatic carbocycles. The van der Waals surface area contributed by atoms with Gasteiger partial charge in [0.15, 0.2) is 0 Å². The van der Waals surface area contributed by atoms with Crippen molar-refractivity contribution in [2.45, 2.75) is 31.0 Å². The van der Waals surface area contributed by atoms with Gasteiger partial charge in [-0.1, -0.05) is 0 Å². The quantitative estimate of drug-likeness (QED) is 0.673. The molecule has 0 bridgehead atoms. The number of nitrogens with one attached hydrogen (secondary N) is 2. The van der Waals surface area contributed by atoms with Crippen molar-refractivity contribution in [3.63, 3.8) is 0 Å². The minimum absolute atomic E-state index is 0.0185. The Morgan fingerprint density at radius 3 is 2.59 bits per heavy atom. The Balaban J connectivity index is 2.71. The number of aliphatic hydroxyl groups excluding tert-OH is 1. The van der Waals surface area contributed by atoms with Crippen LogP contribution in [0.25, 0.3) is 0 Å². The van der Waals surface area contributed by atoms with Crippen LogP contribution in [0.15, 0.2) is 21.6 Å². The zero-order valence-electron chi connectivity index (χ0n) is 10.1. The number of furan rings is 1. The van der Waals surface area contributed by atoms with E-state index in [4.69, 9.17) is 9.52 Å². The van der Waals surface area contributed by atoms with E-state index in [9.17, 15) is 8.42 Å². The van der Waals surface area contributed by atoms with Gasteiger partial charge >= 0.3 is 0 Å². The van der Waals surface area contributed by atoms with Crippen LogP contribution in [0.1, 0.15) is 19.6 Å². The predicted octanol–water partition coefficient (Wildman–Crippen LogP) is 0.0482. The van der Waals surface area contributed by atoms with Gasteiger partial charge in [0.05, 0.1) is 13.2 Å². The number of hydrogen-bond donors (Lipinski definition) is 3. The van der Waals surface area contributed by atoms with E-state index >= 15 is 0 Å². The zero-order chi connectivity index (χ0) is 13.1. The van der Waals surface area contributed by atoms with Crippen molar-refractivity contribution in [1.29, 1.82) is 0 Å². The fraction of sp³-hybridized carbons (Fsp3) is 0.600. The molecule has 0 fully saturated rings. The third-order valence-electron chi connectivity index (χ3n) is 2.31. The van der Waals surface area contributed by atoms with Crippen molar-refractivity contribution in [3.8, 4) is 0 Å². The highest BCUT2D eigenvalue weighted by Gasteiger charge is 2.19. The lowest BCUT2D eigenvalue weighted by Gasteiger charge is -2.22. The fourth-order valence-corrected chi connectivity index (χ4v) is 1.75. The van der Waals surface area contributed by atoms with Crippen LogP contribution in [-0.4, -0.2) is 32.7 Å². The summed E-state index contributed by atoms with van der Waals surface area (Å²) in [6.07, 6.45) is 0. The maximum absolute atomic E-state index is 11.4. The third kappa shape index (κ3) is 3.81. The van der Waals surface area contributed by atoms with Gasteiger partial charge in [-0.25, -0.2) is 13.1 Å². The molecule has 0 saturated heterocycles. The van der Waals surface area contributed by atoms with Gasteiger partial charge in [-0.05, 0) is 33.0 Å². The second-order valence-electron chi connectivity index (χ2n) is 4.32. The van der Waals surface area contributed by atoms with E-state index in [0.29, 0.717) is 12.3 Å². The molecule has 1 aromatic rings. The molecule has 7 heteroatoms. The average molecular weight is 262 g/mol. The number of aliphatic hydroxyl groups is 1. The fourth-order valence-electron chi connectivity index (χ4n) is 1.08. The van der Waals surface area contributed by atoms with Gasteiger partial charge in [0, 0.05) is 5.54 Å². The van der Waals surface area contributed by atoms with Crippen LogP contribution < -0.4 is 10.0 Å². The maximum atomic E-state index is 11.4. The summed E-state index contributed by atoms with van der Waals surface area (Å²) in [6, 6.07) is 2.99. The molecule has 0 amide bonds. The Kier molecular flexibility index (Phi) is 4.31. The van der Waals surface area contributed by atoms with Crippen molar-refractivity contribution in [2.24, 2.45) is 0 Å². The molecule has 0 atom stereocenters. The summed E-state index contributed by atoms with van der Waals surface area (Å²) in [5.41, 5.74) is -0.436. The standard InChI is InChI=1S/C10H18N2O4S/c1-10(2,7-13)12-6-8-4-5-9(16-8)17(14,15)11-3/h4-5,11-13H,6-7H2,1-3H3. The molecule has 0 aliphatic rings. The van der Waals surface area contributed by atoms with Crippen molar-refractivity contribution in [3.05, 3.63) is 17.9 Å². The lowest BCUT2D eigenvalue weighted by Crippen LogP contribution is -2.41. The topological polar surface area (TPSA) is 91.6 Å². The summed E-state index contributed by atoms with van der Waals surface area (Å²) < 4.78 is 30.2. The van der Waals surface area contributed by atoms with E-state index in [2.05, 4.69) is 10.0 Å². The van der Waals surface area contributed by atoms with E-state index in [1.807, 2.05) is 13.8 Å². The highest BCUT2D eigenvalue weighted by Crippen LogP contribution is 2.14. The van der Waals surface area contributed by atoms with Gasteiger partial charge in [0.25, 0.3) is 10.0 Å². The smallest absolute Gasteiger partial charge is 0.273 e. The van der Waals surface area contributed by atoms with Crippen LogP contribution in [0, 0.1) is 0 Å². The number of hydrogen-bond acceptors (Lipinski definition) is 5. The number of rotatable bonds is 6. The summed E-state index contributed by atoms with van der Waals surface area (Å²) >= 11 is 0. The van der Waals surface area contributed by atoms with Crippen molar-refractivity contribution in [1.82, 2.24) is 10.0 Å². The first-order valence-electron chi connectivity index (χ1n) is 5.19. The molecule has 3 N–H and O–H groups in total. The van der Waals surface area contributed by atoms with E-state index in [0.717, 1.165) is 0 Å². The molecule has 1 rings (SSSR count).